The molecule has 0 bridgehead atoms. The lowest BCUT2D eigenvalue weighted by atomic mass is 10.2. The summed E-state index contributed by atoms with van der Waals surface area (Å²) in [5.74, 6) is -0.201. The molecule has 38 heavy (non-hydrogen) atoms. The van der Waals surface area contributed by atoms with Gasteiger partial charge in [0.05, 0.1) is 28.3 Å². The predicted octanol–water partition coefficient (Wildman–Crippen LogP) is 5.72. The van der Waals surface area contributed by atoms with Gasteiger partial charge in [0.1, 0.15) is 17.3 Å². The van der Waals surface area contributed by atoms with Gasteiger partial charge in [-0.15, -0.1) is 10.2 Å². The van der Waals surface area contributed by atoms with E-state index in [1.807, 2.05) is 0 Å². The number of hydrogen-bond donors (Lipinski definition) is 1. The fourth-order valence-corrected chi connectivity index (χ4v) is 5.76. The lowest BCUT2D eigenvalue weighted by molar-refractivity contribution is -0.137. The molecular formula is C24H18ClF3N4O4S2. The van der Waals surface area contributed by atoms with Gasteiger partial charge >= 0.3 is 6.18 Å². The zero-order valence-corrected chi connectivity index (χ0v) is 21.8. The molecule has 4 aromatic rings. The van der Waals surface area contributed by atoms with Crippen LogP contribution in [0.4, 0.5) is 24.0 Å². The lowest BCUT2D eigenvalue weighted by Crippen LogP contribution is -2.38. The van der Waals surface area contributed by atoms with Crippen LogP contribution in [0.1, 0.15) is 5.56 Å². The highest BCUT2D eigenvalue weighted by atomic mass is 35.5. The van der Waals surface area contributed by atoms with Crippen molar-refractivity contribution in [3.8, 4) is 16.3 Å². The highest BCUT2D eigenvalue weighted by Crippen LogP contribution is 2.38. The summed E-state index contributed by atoms with van der Waals surface area (Å²) in [6.45, 7) is -0.840. The van der Waals surface area contributed by atoms with E-state index in [1.54, 1.807) is 30.3 Å². The van der Waals surface area contributed by atoms with Crippen LogP contribution in [-0.2, 0) is 21.0 Å². The van der Waals surface area contributed by atoms with E-state index >= 15 is 0 Å². The van der Waals surface area contributed by atoms with Gasteiger partial charge in [-0.25, -0.2) is 8.42 Å². The van der Waals surface area contributed by atoms with E-state index in [0.717, 1.165) is 23.5 Å². The maximum atomic E-state index is 13.5. The van der Waals surface area contributed by atoms with E-state index in [-0.39, 0.29) is 10.0 Å². The first-order valence-electron chi connectivity index (χ1n) is 10.7. The molecule has 1 N–H and O–H groups in total. The molecule has 14 heteroatoms. The van der Waals surface area contributed by atoms with Crippen molar-refractivity contribution in [2.75, 3.05) is 23.3 Å². The molecule has 0 atom stereocenters. The smallest absolute Gasteiger partial charge is 0.417 e. The highest BCUT2D eigenvalue weighted by molar-refractivity contribution is 7.92. The molecular weight excluding hydrogens is 565 g/mol. The number of halogens is 4. The fraction of sp³-hybridized carbons (Fsp3) is 0.125. The Bertz CT molecular complexity index is 1550. The Balaban J connectivity index is 1.63. The van der Waals surface area contributed by atoms with Crippen molar-refractivity contribution in [2.24, 2.45) is 0 Å². The minimum Gasteiger partial charge on any atom is -0.497 e. The van der Waals surface area contributed by atoms with Crippen molar-refractivity contribution in [1.82, 2.24) is 10.2 Å². The maximum absolute atomic E-state index is 13.5. The van der Waals surface area contributed by atoms with Gasteiger partial charge < -0.3 is 4.74 Å². The molecule has 0 aliphatic rings. The topological polar surface area (TPSA) is 101 Å². The van der Waals surface area contributed by atoms with Crippen LogP contribution in [0.15, 0.2) is 77.7 Å². The molecule has 0 aliphatic heterocycles. The number of carbonyl (C=O) groups is 1. The Morgan fingerprint density at radius 3 is 2.37 bits per heavy atom. The van der Waals surface area contributed by atoms with Gasteiger partial charge in [0.15, 0.2) is 0 Å². The summed E-state index contributed by atoms with van der Waals surface area (Å²) in [6, 6.07) is 16.6. The number of rotatable bonds is 8. The van der Waals surface area contributed by atoms with Crippen LogP contribution in [0, 0.1) is 0 Å². The molecule has 3 aromatic carbocycles. The third-order valence-electron chi connectivity index (χ3n) is 5.17. The monoisotopic (exact) mass is 582 g/mol. The van der Waals surface area contributed by atoms with Crippen LogP contribution >= 0.6 is 22.9 Å². The molecule has 198 valence electrons. The zero-order valence-electron chi connectivity index (χ0n) is 19.4. The minimum atomic E-state index is -4.85. The Hall–Kier alpha value is -3.68. The van der Waals surface area contributed by atoms with E-state index in [0.29, 0.717) is 26.7 Å². The fourth-order valence-electron chi connectivity index (χ4n) is 3.33. The molecule has 8 nitrogen and oxygen atoms in total. The van der Waals surface area contributed by atoms with Gasteiger partial charge in [0.25, 0.3) is 10.0 Å². The summed E-state index contributed by atoms with van der Waals surface area (Å²) < 4.78 is 73.0. The number of ether oxygens (including phenoxy) is 1. The van der Waals surface area contributed by atoms with Crippen LogP contribution in [0.5, 0.6) is 5.75 Å². The van der Waals surface area contributed by atoms with Gasteiger partial charge in [-0.3, -0.25) is 14.4 Å². The number of alkyl halides is 3. The average molecular weight is 583 g/mol. The summed E-state index contributed by atoms with van der Waals surface area (Å²) in [5, 5.41) is 10.3. The SMILES string of the molecule is COc1ccc(-c2nnc(NC(=O)CN(c3ccc(Cl)c(C(F)(F)F)c3)S(=O)(=O)c3ccccc3)s2)cc1. The number of hydrogen-bond acceptors (Lipinski definition) is 7. The summed E-state index contributed by atoms with van der Waals surface area (Å²) in [7, 11) is -2.91. The molecule has 0 fully saturated rings. The first-order valence-corrected chi connectivity index (χ1v) is 13.3. The first-order chi connectivity index (χ1) is 18.0. The number of benzene rings is 3. The maximum Gasteiger partial charge on any atom is 0.417 e. The van der Waals surface area contributed by atoms with Crippen LogP contribution in [0.25, 0.3) is 10.6 Å². The minimum absolute atomic E-state index is 0.0740. The number of carbonyl (C=O) groups excluding carboxylic acids is 1. The highest BCUT2D eigenvalue weighted by Gasteiger charge is 2.35. The number of sulfonamides is 1. The lowest BCUT2D eigenvalue weighted by Gasteiger charge is -2.25. The molecule has 0 aliphatic carbocycles. The van der Waals surface area contributed by atoms with Crippen LogP contribution < -0.4 is 14.4 Å². The Labute approximate surface area is 224 Å². The van der Waals surface area contributed by atoms with E-state index in [9.17, 15) is 26.4 Å². The predicted molar refractivity (Wildman–Crippen MR) is 138 cm³/mol. The van der Waals surface area contributed by atoms with E-state index in [1.165, 1.54) is 31.4 Å². The van der Waals surface area contributed by atoms with Crippen LogP contribution in [-0.4, -0.2) is 38.2 Å². The van der Waals surface area contributed by atoms with Crippen molar-refractivity contribution in [2.45, 2.75) is 11.1 Å². The molecule has 1 heterocycles. The summed E-state index contributed by atoms with van der Waals surface area (Å²) in [4.78, 5) is 12.7. The number of nitrogens with one attached hydrogen (secondary N) is 1. The average Bonchev–Trinajstić information content (AvgIpc) is 3.36. The molecule has 0 saturated heterocycles. The van der Waals surface area contributed by atoms with E-state index in [4.69, 9.17) is 16.3 Å². The van der Waals surface area contributed by atoms with Crippen molar-refractivity contribution in [3.63, 3.8) is 0 Å². The van der Waals surface area contributed by atoms with E-state index in [2.05, 4.69) is 15.5 Å². The number of methoxy groups -OCH3 is 1. The normalized spacial score (nSPS) is 11.7. The second-order valence-electron chi connectivity index (χ2n) is 7.68. The van der Waals surface area contributed by atoms with Gasteiger partial charge in [0, 0.05) is 5.56 Å². The Morgan fingerprint density at radius 2 is 1.74 bits per heavy atom. The standard InChI is InChI=1S/C24H18ClF3N4O4S2/c1-36-17-10-7-15(8-11-17)22-30-31-23(37-22)29-21(33)14-32(38(34,35)18-5-3-2-4-6-18)16-9-12-20(25)19(13-16)24(26,27)28/h2-13H,14H2,1H3,(H,29,31,33). The van der Waals surface area contributed by atoms with E-state index < -0.39 is 44.9 Å². The van der Waals surface area contributed by atoms with Crippen LogP contribution in [0.3, 0.4) is 0 Å². The molecule has 0 unspecified atom stereocenters. The van der Waals surface area contributed by atoms with Crippen LogP contribution in [0.2, 0.25) is 5.02 Å². The second-order valence-corrected chi connectivity index (χ2v) is 10.9. The van der Waals surface area contributed by atoms with Crippen molar-refractivity contribution >= 4 is 49.7 Å². The largest absolute Gasteiger partial charge is 0.497 e. The van der Waals surface area contributed by atoms with Gasteiger partial charge in [-0.1, -0.05) is 41.1 Å². The first kappa shape index (κ1) is 27.4. The third-order valence-corrected chi connectivity index (χ3v) is 8.18. The van der Waals surface area contributed by atoms with Crippen molar-refractivity contribution in [1.29, 1.82) is 0 Å². The number of aromatic nitrogens is 2. The number of nitrogens with zero attached hydrogens (tertiary/aromatic N) is 3. The molecule has 4 rings (SSSR count). The molecule has 1 amide bonds. The van der Waals surface area contributed by atoms with Gasteiger partial charge in [-0.05, 0) is 54.6 Å². The second kappa shape index (κ2) is 11.0. The van der Waals surface area contributed by atoms with Crippen molar-refractivity contribution in [3.05, 3.63) is 83.4 Å². The number of amides is 1. The van der Waals surface area contributed by atoms with Gasteiger partial charge in [0.2, 0.25) is 11.0 Å². The molecule has 1 aromatic heterocycles. The zero-order chi connectivity index (χ0) is 27.5. The van der Waals surface area contributed by atoms with Crippen molar-refractivity contribution < 1.29 is 31.1 Å². The van der Waals surface area contributed by atoms with Gasteiger partial charge in [-0.2, -0.15) is 13.2 Å². The summed E-state index contributed by atoms with van der Waals surface area (Å²) >= 11 is 6.74. The quantitative estimate of drug-likeness (QED) is 0.285. The summed E-state index contributed by atoms with van der Waals surface area (Å²) in [6.07, 6.45) is -4.85. The number of anilines is 2. The third kappa shape index (κ3) is 6.06. The molecule has 0 spiro atoms. The molecule has 0 radical (unpaired) electrons. The Kier molecular flexibility index (Phi) is 7.90. The summed E-state index contributed by atoms with van der Waals surface area (Å²) in [5.41, 5.74) is -0.923. The molecule has 0 saturated carbocycles. The Morgan fingerprint density at radius 1 is 1.05 bits per heavy atom.